The van der Waals surface area contributed by atoms with Gasteiger partial charge >= 0.3 is 0 Å². The molecular weight excluding hydrogens is 617 g/mol. The summed E-state index contributed by atoms with van der Waals surface area (Å²) in [6.45, 7) is 4.74. The molecule has 8 aromatic rings. The van der Waals surface area contributed by atoms with Crippen molar-refractivity contribution in [3.63, 3.8) is 0 Å². The van der Waals surface area contributed by atoms with Gasteiger partial charge in [-0.2, -0.15) is 0 Å². The van der Waals surface area contributed by atoms with Crippen LogP contribution in [0.2, 0.25) is 0 Å². The monoisotopic (exact) mass is 654 g/mol. The van der Waals surface area contributed by atoms with Crippen LogP contribution in [-0.2, 0) is 5.41 Å². The highest BCUT2D eigenvalue weighted by atomic mass is 15.2. The fourth-order valence-electron chi connectivity index (χ4n) is 7.73. The first-order chi connectivity index (χ1) is 25.0. The Morgan fingerprint density at radius 2 is 0.843 bits per heavy atom. The van der Waals surface area contributed by atoms with Gasteiger partial charge in [0.1, 0.15) is 0 Å². The Labute approximate surface area is 300 Å². The van der Waals surface area contributed by atoms with Crippen molar-refractivity contribution in [1.82, 2.24) is 0 Å². The van der Waals surface area contributed by atoms with E-state index in [1.165, 1.54) is 55.5 Å². The third-order valence-electron chi connectivity index (χ3n) is 10.4. The van der Waals surface area contributed by atoms with Crippen molar-refractivity contribution in [3.05, 3.63) is 205 Å². The molecule has 0 N–H and O–H groups in total. The second-order valence-corrected chi connectivity index (χ2v) is 13.9. The standard InChI is InChI=1S/C49H38N2/c1-49(2)45-33-39(35-14-6-3-7-15-35)25-30-47(45)51(42-20-10-5-11-21-42)48-31-26-40(34-46(48)49)37-22-27-43(28-23-37)50(41-18-8-4-9-19-41)44-29-24-36-16-12-13-17-38(36)32-44/h3-34H,1-2H3. The summed E-state index contributed by atoms with van der Waals surface area (Å²) in [4.78, 5) is 4.77. The number of hydrogen-bond acceptors (Lipinski definition) is 2. The van der Waals surface area contributed by atoms with Gasteiger partial charge < -0.3 is 9.80 Å². The Bertz CT molecular complexity index is 2480. The minimum absolute atomic E-state index is 0.225. The second kappa shape index (κ2) is 12.5. The van der Waals surface area contributed by atoms with Crippen molar-refractivity contribution in [3.8, 4) is 22.3 Å². The van der Waals surface area contributed by atoms with E-state index in [0.717, 1.165) is 22.7 Å². The zero-order valence-corrected chi connectivity index (χ0v) is 28.9. The number of hydrogen-bond donors (Lipinski definition) is 0. The van der Waals surface area contributed by atoms with Gasteiger partial charge in [-0.15, -0.1) is 0 Å². The summed E-state index contributed by atoms with van der Waals surface area (Å²) in [5.41, 5.74) is 14.3. The maximum atomic E-state index is 2.43. The van der Waals surface area contributed by atoms with Crippen LogP contribution < -0.4 is 9.80 Å². The summed E-state index contributed by atoms with van der Waals surface area (Å²) in [5.74, 6) is 0. The van der Waals surface area contributed by atoms with Gasteiger partial charge in [-0.1, -0.05) is 135 Å². The molecule has 0 aliphatic carbocycles. The van der Waals surface area contributed by atoms with Gasteiger partial charge in [0.2, 0.25) is 0 Å². The fraction of sp³-hybridized carbons (Fsp3) is 0.0612. The first kappa shape index (κ1) is 30.7. The Balaban J connectivity index is 1.13. The van der Waals surface area contributed by atoms with Crippen LogP contribution in [0, 0.1) is 0 Å². The van der Waals surface area contributed by atoms with Crippen LogP contribution in [0.3, 0.4) is 0 Å². The fourth-order valence-corrected chi connectivity index (χ4v) is 7.73. The maximum Gasteiger partial charge on any atom is 0.0503 e. The van der Waals surface area contributed by atoms with E-state index in [2.05, 4.69) is 218 Å². The zero-order valence-electron chi connectivity index (χ0n) is 28.9. The van der Waals surface area contributed by atoms with E-state index in [4.69, 9.17) is 0 Å². The third kappa shape index (κ3) is 5.46. The molecule has 0 saturated heterocycles. The molecule has 244 valence electrons. The molecule has 9 rings (SSSR count). The summed E-state index contributed by atoms with van der Waals surface area (Å²) in [7, 11) is 0. The van der Waals surface area contributed by atoms with Crippen molar-refractivity contribution in [2.75, 3.05) is 9.80 Å². The molecule has 2 heteroatoms. The van der Waals surface area contributed by atoms with Crippen LogP contribution >= 0.6 is 0 Å². The number of fused-ring (bicyclic) bond motifs is 3. The first-order valence-corrected chi connectivity index (χ1v) is 17.7. The zero-order chi connectivity index (χ0) is 34.4. The molecule has 0 bridgehead atoms. The van der Waals surface area contributed by atoms with Gasteiger partial charge in [-0.05, 0) is 117 Å². The van der Waals surface area contributed by atoms with Crippen molar-refractivity contribution in [1.29, 1.82) is 0 Å². The molecule has 51 heavy (non-hydrogen) atoms. The molecule has 0 atom stereocenters. The minimum atomic E-state index is -0.225. The highest BCUT2D eigenvalue weighted by Crippen LogP contribution is 2.53. The molecule has 0 saturated carbocycles. The predicted octanol–water partition coefficient (Wildman–Crippen LogP) is 13.8. The second-order valence-electron chi connectivity index (χ2n) is 13.9. The third-order valence-corrected chi connectivity index (χ3v) is 10.4. The predicted molar refractivity (Wildman–Crippen MR) is 216 cm³/mol. The number of nitrogens with zero attached hydrogens (tertiary/aromatic N) is 2. The van der Waals surface area contributed by atoms with Gasteiger partial charge in [0.05, 0.1) is 11.4 Å². The molecule has 0 amide bonds. The van der Waals surface area contributed by atoms with E-state index in [0.29, 0.717) is 0 Å². The van der Waals surface area contributed by atoms with Gasteiger partial charge in [0.15, 0.2) is 0 Å². The summed E-state index contributed by atoms with van der Waals surface area (Å²) in [5, 5.41) is 2.47. The SMILES string of the molecule is CC1(C)c2cc(-c3ccccc3)ccc2N(c2ccccc2)c2ccc(-c3ccc(N(c4ccccc4)c4ccc5ccccc5c4)cc3)cc21. The Kier molecular flexibility index (Phi) is 7.51. The van der Waals surface area contributed by atoms with Gasteiger partial charge in [0.25, 0.3) is 0 Å². The van der Waals surface area contributed by atoms with Crippen LogP contribution in [0.15, 0.2) is 194 Å². The topological polar surface area (TPSA) is 6.48 Å². The minimum Gasteiger partial charge on any atom is -0.310 e. The average molecular weight is 655 g/mol. The van der Waals surface area contributed by atoms with E-state index in [9.17, 15) is 0 Å². The summed E-state index contributed by atoms with van der Waals surface area (Å²) >= 11 is 0. The molecule has 0 aromatic heterocycles. The Morgan fingerprint density at radius 1 is 0.373 bits per heavy atom. The highest BCUT2D eigenvalue weighted by molar-refractivity contribution is 5.91. The van der Waals surface area contributed by atoms with E-state index < -0.39 is 0 Å². The number of rotatable bonds is 6. The summed E-state index contributed by atoms with van der Waals surface area (Å²) < 4.78 is 0. The van der Waals surface area contributed by atoms with E-state index >= 15 is 0 Å². The molecule has 2 nitrogen and oxygen atoms in total. The molecule has 1 heterocycles. The normalized spacial score (nSPS) is 13.0. The lowest BCUT2D eigenvalue weighted by atomic mass is 9.72. The quantitative estimate of drug-likeness (QED) is 0.176. The van der Waals surface area contributed by atoms with Crippen molar-refractivity contribution >= 4 is 44.9 Å². The molecule has 0 unspecified atom stereocenters. The average Bonchev–Trinajstić information content (AvgIpc) is 3.19. The Morgan fingerprint density at radius 3 is 1.47 bits per heavy atom. The van der Waals surface area contributed by atoms with Crippen molar-refractivity contribution < 1.29 is 0 Å². The maximum absolute atomic E-state index is 2.43. The van der Waals surface area contributed by atoms with E-state index in [1.54, 1.807) is 0 Å². The van der Waals surface area contributed by atoms with Crippen molar-refractivity contribution in [2.45, 2.75) is 19.3 Å². The lowest BCUT2D eigenvalue weighted by molar-refractivity contribution is 0.632. The highest BCUT2D eigenvalue weighted by Gasteiger charge is 2.37. The number of benzene rings is 8. The largest absolute Gasteiger partial charge is 0.310 e. The van der Waals surface area contributed by atoms with Crippen LogP contribution in [0.5, 0.6) is 0 Å². The Hall–Kier alpha value is -6.38. The van der Waals surface area contributed by atoms with Gasteiger partial charge in [-0.25, -0.2) is 0 Å². The molecule has 1 aliphatic heterocycles. The molecule has 8 aromatic carbocycles. The van der Waals surface area contributed by atoms with Crippen LogP contribution in [0.1, 0.15) is 25.0 Å². The van der Waals surface area contributed by atoms with Gasteiger partial charge in [-0.3, -0.25) is 0 Å². The van der Waals surface area contributed by atoms with E-state index in [-0.39, 0.29) is 5.41 Å². The number of para-hydroxylation sites is 2. The summed E-state index contributed by atoms with van der Waals surface area (Å²) in [6.07, 6.45) is 0. The van der Waals surface area contributed by atoms with Crippen LogP contribution in [0.4, 0.5) is 34.1 Å². The molecule has 0 fully saturated rings. The smallest absolute Gasteiger partial charge is 0.0503 e. The lowest BCUT2D eigenvalue weighted by Crippen LogP contribution is -2.30. The lowest BCUT2D eigenvalue weighted by Gasteiger charge is -2.42. The van der Waals surface area contributed by atoms with Crippen molar-refractivity contribution in [2.24, 2.45) is 0 Å². The number of anilines is 6. The van der Waals surface area contributed by atoms with Crippen LogP contribution in [0.25, 0.3) is 33.0 Å². The molecular formula is C49H38N2. The first-order valence-electron chi connectivity index (χ1n) is 17.7. The molecule has 0 spiro atoms. The molecule has 0 radical (unpaired) electrons. The molecule has 1 aliphatic rings. The van der Waals surface area contributed by atoms with E-state index in [1.807, 2.05) is 0 Å². The van der Waals surface area contributed by atoms with Gasteiger partial charge in [0, 0.05) is 28.2 Å². The van der Waals surface area contributed by atoms with Crippen LogP contribution in [-0.4, -0.2) is 0 Å². The summed E-state index contributed by atoms with van der Waals surface area (Å²) in [6, 6.07) is 70.3.